The highest BCUT2D eigenvalue weighted by Gasteiger charge is 2.39. The first-order valence-corrected chi connectivity index (χ1v) is 7.82. The number of carbonyl (C=O) groups excluding carboxylic acids is 1. The Kier molecular flexibility index (Phi) is 8.56. The molecule has 2 fully saturated rings. The minimum atomic E-state index is 0. The molecule has 2 bridgehead atoms. The average molecular weight is 321 g/mol. The van der Waals surface area contributed by atoms with E-state index in [0.717, 1.165) is 12.8 Å². The Morgan fingerprint density at radius 1 is 1.19 bits per heavy atom. The van der Waals surface area contributed by atoms with E-state index < -0.39 is 0 Å². The number of hydrogen-bond donors (Lipinski definition) is 2. The van der Waals surface area contributed by atoms with Gasteiger partial charge in [-0.3, -0.25) is 4.79 Å². The van der Waals surface area contributed by atoms with Crippen LogP contribution in [0.4, 0.5) is 0 Å². The van der Waals surface area contributed by atoms with Crippen LogP contribution in [0.5, 0.6) is 0 Å². The summed E-state index contributed by atoms with van der Waals surface area (Å²) < 4.78 is 10.2. The highest BCUT2D eigenvalue weighted by molar-refractivity contribution is 5.85. The summed E-state index contributed by atoms with van der Waals surface area (Å²) in [7, 11) is 1.64. The average Bonchev–Trinajstić information content (AvgIpc) is 2.39. The predicted molar refractivity (Wildman–Crippen MR) is 84.5 cm³/mol. The van der Waals surface area contributed by atoms with Gasteiger partial charge < -0.3 is 20.5 Å². The fourth-order valence-corrected chi connectivity index (χ4v) is 3.69. The number of methoxy groups -OCH3 is 1. The molecule has 6 heteroatoms. The fourth-order valence-electron chi connectivity index (χ4n) is 3.69. The molecule has 5 nitrogen and oxygen atoms in total. The lowest BCUT2D eigenvalue weighted by Gasteiger charge is -2.45. The molecule has 0 heterocycles. The molecule has 0 spiro atoms. The quantitative estimate of drug-likeness (QED) is 0.697. The van der Waals surface area contributed by atoms with E-state index >= 15 is 0 Å². The minimum absolute atomic E-state index is 0. The molecule has 2 rings (SSSR count). The Labute approximate surface area is 133 Å². The molecular formula is C15H29ClN2O3. The number of fused-ring (bicyclic) bond motifs is 2. The van der Waals surface area contributed by atoms with Crippen molar-refractivity contribution in [3.8, 4) is 0 Å². The number of amides is 1. The Morgan fingerprint density at radius 3 is 2.48 bits per heavy atom. The third-order valence-corrected chi connectivity index (χ3v) is 4.61. The Balaban J connectivity index is 0.00000220. The van der Waals surface area contributed by atoms with Gasteiger partial charge in [0.25, 0.3) is 0 Å². The smallest absolute Gasteiger partial charge is 0.222 e. The van der Waals surface area contributed by atoms with Crippen molar-refractivity contribution < 1.29 is 14.3 Å². The molecule has 21 heavy (non-hydrogen) atoms. The molecule has 0 aromatic carbocycles. The zero-order valence-electron chi connectivity index (χ0n) is 12.9. The largest absolute Gasteiger partial charge is 0.382 e. The summed E-state index contributed by atoms with van der Waals surface area (Å²) in [5, 5.41) is 3.23. The van der Waals surface area contributed by atoms with Gasteiger partial charge in [-0.25, -0.2) is 0 Å². The van der Waals surface area contributed by atoms with Gasteiger partial charge in [0.2, 0.25) is 5.91 Å². The van der Waals surface area contributed by atoms with Gasteiger partial charge >= 0.3 is 0 Å². The molecule has 124 valence electrons. The van der Waals surface area contributed by atoms with Crippen molar-refractivity contribution in [2.75, 3.05) is 26.9 Å². The maximum Gasteiger partial charge on any atom is 0.222 e. The first-order chi connectivity index (χ1) is 9.70. The molecule has 2 atom stereocenters. The molecule has 3 N–H and O–H groups in total. The normalized spacial score (nSPS) is 31.3. The van der Waals surface area contributed by atoms with Crippen LogP contribution in [0.2, 0.25) is 0 Å². The van der Waals surface area contributed by atoms with Crippen molar-refractivity contribution in [1.82, 2.24) is 5.32 Å². The second-order valence-electron chi connectivity index (χ2n) is 6.13. The highest BCUT2D eigenvalue weighted by Crippen LogP contribution is 2.39. The number of nitrogens with one attached hydrogen (secondary N) is 1. The van der Waals surface area contributed by atoms with Gasteiger partial charge in [0.05, 0.1) is 19.8 Å². The molecule has 1 amide bonds. The van der Waals surface area contributed by atoms with E-state index in [-0.39, 0.29) is 18.3 Å². The monoisotopic (exact) mass is 320 g/mol. The fraction of sp³-hybridized carbons (Fsp3) is 0.933. The third kappa shape index (κ3) is 5.74. The Bertz CT molecular complexity index is 303. The van der Waals surface area contributed by atoms with Crippen molar-refractivity contribution in [3.63, 3.8) is 0 Å². The van der Waals surface area contributed by atoms with E-state index in [2.05, 4.69) is 5.32 Å². The molecule has 2 aliphatic carbocycles. The summed E-state index contributed by atoms with van der Waals surface area (Å²) in [4.78, 5) is 12.0. The van der Waals surface area contributed by atoms with Crippen LogP contribution in [-0.4, -0.2) is 44.9 Å². The molecule has 0 aliphatic heterocycles. The van der Waals surface area contributed by atoms with Gasteiger partial charge in [-0.2, -0.15) is 0 Å². The van der Waals surface area contributed by atoms with Crippen molar-refractivity contribution >= 4 is 18.3 Å². The highest BCUT2D eigenvalue weighted by atomic mass is 35.5. The maximum atomic E-state index is 12.0. The minimum Gasteiger partial charge on any atom is -0.382 e. The van der Waals surface area contributed by atoms with Crippen LogP contribution in [0, 0.1) is 11.8 Å². The van der Waals surface area contributed by atoms with E-state index in [9.17, 15) is 4.79 Å². The van der Waals surface area contributed by atoms with Crippen LogP contribution in [0.1, 0.15) is 38.5 Å². The van der Waals surface area contributed by atoms with Gasteiger partial charge in [-0.1, -0.05) is 6.42 Å². The van der Waals surface area contributed by atoms with E-state index in [1.165, 1.54) is 19.3 Å². The summed E-state index contributed by atoms with van der Waals surface area (Å²) in [5.74, 6) is 1.27. The second-order valence-corrected chi connectivity index (χ2v) is 6.13. The van der Waals surface area contributed by atoms with Crippen molar-refractivity contribution in [2.24, 2.45) is 17.6 Å². The molecule has 0 saturated heterocycles. The lowest BCUT2D eigenvalue weighted by Crippen LogP contribution is -2.53. The van der Waals surface area contributed by atoms with E-state index in [0.29, 0.717) is 50.2 Å². The summed E-state index contributed by atoms with van der Waals surface area (Å²) in [6.07, 6.45) is 6.26. The number of ether oxygens (including phenoxy) is 2. The lowest BCUT2D eigenvalue weighted by atomic mass is 9.67. The number of carbonyl (C=O) groups is 1. The second kappa shape index (κ2) is 9.62. The molecule has 2 saturated carbocycles. The summed E-state index contributed by atoms with van der Waals surface area (Å²) in [6.45, 7) is 1.59. The van der Waals surface area contributed by atoms with Crippen LogP contribution in [0.3, 0.4) is 0 Å². The van der Waals surface area contributed by atoms with Crippen LogP contribution < -0.4 is 11.1 Å². The lowest BCUT2D eigenvalue weighted by molar-refractivity contribution is -0.124. The number of rotatable bonds is 7. The summed E-state index contributed by atoms with van der Waals surface area (Å²) in [6, 6.07) is 0.672. The van der Waals surface area contributed by atoms with Crippen molar-refractivity contribution in [3.05, 3.63) is 0 Å². The van der Waals surface area contributed by atoms with Gasteiger partial charge in [0.1, 0.15) is 0 Å². The van der Waals surface area contributed by atoms with E-state index in [4.69, 9.17) is 15.2 Å². The SMILES string of the molecule is COCCOCCC(=O)NC1C2CCCC1CC(N)C2.Cl. The van der Waals surface area contributed by atoms with Crippen molar-refractivity contribution in [1.29, 1.82) is 0 Å². The zero-order valence-corrected chi connectivity index (χ0v) is 13.7. The van der Waals surface area contributed by atoms with Crippen LogP contribution >= 0.6 is 12.4 Å². The van der Waals surface area contributed by atoms with Crippen LogP contribution in [0.15, 0.2) is 0 Å². The first kappa shape index (κ1) is 18.7. The molecule has 2 aliphatic rings. The van der Waals surface area contributed by atoms with Crippen LogP contribution in [-0.2, 0) is 14.3 Å². The number of hydrogen-bond acceptors (Lipinski definition) is 4. The first-order valence-electron chi connectivity index (χ1n) is 7.82. The Hall–Kier alpha value is -0.360. The summed E-state index contributed by atoms with van der Waals surface area (Å²) in [5.41, 5.74) is 6.10. The topological polar surface area (TPSA) is 73.6 Å². The molecule has 2 unspecified atom stereocenters. The van der Waals surface area contributed by atoms with E-state index in [1.807, 2.05) is 0 Å². The standard InChI is InChI=1S/C15H28N2O3.ClH/c1-19-7-8-20-6-5-14(18)17-15-11-3-2-4-12(15)10-13(16)9-11;/h11-13,15H,2-10,16H2,1H3,(H,17,18);1H. The predicted octanol–water partition coefficient (Wildman–Crippen LogP) is 1.48. The molecule has 0 radical (unpaired) electrons. The van der Waals surface area contributed by atoms with Crippen molar-refractivity contribution in [2.45, 2.75) is 50.6 Å². The molecule has 0 aromatic rings. The molecular weight excluding hydrogens is 292 g/mol. The summed E-state index contributed by atoms with van der Waals surface area (Å²) >= 11 is 0. The third-order valence-electron chi connectivity index (χ3n) is 4.61. The Morgan fingerprint density at radius 2 is 1.86 bits per heavy atom. The van der Waals surface area contributed by atoms with Crippen LogP contribution in [0.25, 0.3) is 0 Å². The maximum absolute atomic E-state index is 12.0. The zero-order chi connectivity index (χ0) is 14.4. The van der Waals surface area contributed by atoms with Gasteiger partial charge in [0.15, 0.2) is 0 Å². The molecule has 0 aromatic heterocycles. The number of nitrogens with two attached hydrogens (primary N) is 1. The van der Waals surface area contributed by atoms with Gasteiger partial charge in [-0.15, -0.1) is 12.4 Å². The number of halogens is 1. The van der Waals surface area contributed by atoms with Gasteiger partial charge in [0, 0.05) is 25.6 Å². The van der Waals surface area contributed by atoms with Gasteiger partial charge in [-0.05, 0) is 37.5 Å². The van der Waals surface area contributed by atoms with E-state index in [1.54, 1.807) is 7.11 Å².